The highest BCUT2D eigenvalue weighted by Gasteiger charge is 2.19. The van der Waals surface area contributed by atoms with Gasteiger partial charge in [0.05, 0.1) is 0 Å². The summed E-state index contributed by atoms with van der Waals surface area (Å²) in [7, 11) is 0. The first-order valence-electron chi connectivity index (χ1n) is 8.23. The number of likely N-dealkylation sites (tertiary alicyclic amines) is 1. The molecule has 0 spiro atoms. The average Bonchev–Trinajstić information content (AvgIpc) is 2.45. The van der Waals surface area contributed by atoms with Crippen molar-refractivity contribution in [3.63, 3.8) is 0 Å². The van der Waals surface area contributed by atoms with Gasteiger partial charge in [-0.05, 0) is 50.3 Å². The number of nitrogens with zero attached hydrogens (tertiary/aromatic N) is 1. The van der Waals surface area contributed by atoms with Gasteiger partial charge in [-0.3, -0.25) is 4.90 Å². The smallest absolute Gasteiger partial charge is 0.0233 e. The van der Waals surface area contributed by atoms with Crippen LogP contribution in [0.25, 0.3) is 0 Å². The van der Waals surface area contributed by atoms with E-state index in [2.05, 4.69) is 54.4 Å². The van der Waals surface area contributed by atoms with Crippen LogP contribution in [0, 0.1) is 5.92 Å². The van der Waals surface area contributed by atoms with Gasteiger partial charge in [0.25, 0.3) is 0 Å². The second-order valence-corrected chi connectivity index (χ2v) is 6.48. The molecule has 0 saturated carbocycles. The van der Waals surface area contributed by atoms with Crippen LogP contribution in [-0.4, -0.2) is 30.6 Å². The Balaban J connectivity index is 1.69. The fourth-order valence-electron chi connectivity index (χ4n) is 3.15. The minimum atomic E-state index is 0.621. The summed E-state index contributed by atoms with van der Waals surface area (Å²) in [5.74, 6) is 0.904. The molecule has 0 aliphatic carbocycles. The van der Waals surface area contributed by atoms with Gasteiger partial charge in [-0.1, -0.05) is 44.2 Å². The molecule has 0 radical (unpaired) electrons. The Kier molecular flexibility index (Phi) is 6.55. The molecule has 1 saturated heterocycles. The fraction of sp³-hybridized carbons (Fsp3) is 0.667. The maximum absolute atomic E-state index is 3.52. The molecular weight excluding hydrogens is 244 g/mol. The first-order valence-corrected chi connectivity index (χ1v) is 8.23. The molecule has 1 aromatic rings. The highest BCUT2D eigenvalue weighted by atomic mass is 15.1. The van der Waals surface area contributed by atoms with Crippen molar-refractivity contribution < 1.29 is 0 Å². The van der Waals surface area contributed by atoms with Crippen molar-refractivity contribution in [1.82, 2.24) is 10.2 Å². The monoisotopic (exact) mass is 274 g/mol. The molecule has 1 N–H and O–H groups in total. The van der Waals surface area contributed by atoms with Gasteiger partial charge in [-0.2, -0.15) is 0 Å². The lowest BCUT2D eigenvalue weighted by atomic mass is 9.93. The van der Waals surface area contributed by atoms with Gasteiger partial charge in [0, 0.05) is 19.1 Å². The molecular formula is C18H30N2. The third-order valence-electron chi connectivity index (χ3n) is 4.19. The van der Waals surface area contributed by atoms with Crippen molar-refractivity contribution in [3.8, 4) is 0 Å². The number of hydrogen-bond acceptors (Lipinski definition) is 2. The van der Waals surface area contributed by atoms with Crippen LogP contribution in [0.3, 0.4) is 0 Å². The van der Waals surface area contributed by atoms with Crippen LogP contribution in [0.2, 0.25) is 0 Å². The average molecular weight is 274 g/mol. The van der Waals surface area contributed by atoms with Crippen molar-refractivity contribution in [2.24, 2.45) is 5.92 Å². The van der Waals surface area contributed by atoms with E-state index in [9.17, 15) is 0 Å². The second kappa shape index (κ2) is 8.43. The zero-order valence-corrected chi connectivity index (χ0v) is 13.1. The van der Waals surface area contributed by atoms with Crippen molar-refractivity contribution in [2.45, 2.75) is 52.1 Å². The van der Waals surface area contributed by atoms with Crippen molar-refractivity contribution in [3.05, 3.63) is 35.9 Å². The topological polar surface area (TPSA) is 15.3 Å². The standard InChI is InChI=1S/C18H30N2/c1-16(2)19-12-6-10-18-11-7-13-20(15-18)14-17-8-4-3-5-9-17/h3-5,8-9,16,18-19H,6-7,10-15H2,1-2H3. The molecule has 1 aliphatic rings. The minimum Gasteiger partial charge on any atom is -0.315 e. The van der Waals surface area contributed by atoms with Crippen LogP contribution >= 0.6 is 0 Å². The second-order valence-electron chi connectivity index (χ2n) is 6.48. The van der Waals surface area contributed by atoms with E-state index in [0.29, 0.717) is 6.04 Å². The first-order chi connectivity index (χ1) is 9.74. The van der Waals surface area contributed by atoms with Gasteiger partial charge in [-0.15, -0.1) is 0 Å². The van der Waals surface area contributed by atoms with Crippen molar-refractivity contribution in [2.75, 3.05) is 19.6 Å². The summed E-state index contributed by atoms with van der Waals surface area (Å²) in [6.07, 6.45) is 5.50. The lowest BCUT2D eigenvalue weighted by molar-refractivity contribution is 0.160. The third kappa shape index (κ3) is 5.64. The SMILES string of the molecule is CC(C)NCCCC1CCCN(Cc2ccccc2)C1. The predicted octanol–water partition coefficient (Wildman–Crippen LogP) is 3.68. The Labute approximate surface area is 124 Å². The number of benzene rings is 1. The Bertz CT molecular complexity index is 361. The highest BCUT2D eigenvalue weighted by molar-refractivity contribution is 5.14. The summed E-state index contributed by atoms with van der Waals surface area (Å²) in [5, 5.41) is 3.52. The largest absolute Gasteiger partial charge is 0.315 e. The molecule has 20 heavy (non-hydrogen) atoms. The summed E-state index contributed by atoms with van der Waals surface area (Å²) < 4.78 is 0. The van der Waals surface area contributed by atoms with Gasteiger partial charge in [0.2, 0.25) is 0 Å². The molecule has 2 nitrogen and oxygen atoms in total. The summed E-state index contributed by atoms with van der Waals surface area (Å²) in [4.78, 5) is 2.64. The summed E-state index contributed by atoms with van der Waals surface area (Å²) in [6.45, 7) is 9.31. The maximum Gasteiger partial charge on any atom is 0.0233 e. The Hall–Kier alpha value is -0.860. The van der Waals surface area contributed by atoms with Gasteiger partial charge in [-0.25, -0.2) is 0 Å². The number of nitrogens with one attached hydrogen (secondary N) is 1. The van der Waals surface area contributed by atoms with Crippen LogP contribution in [0.1, 0.15) is 45.1 Å². The maximum atomic E-state index is 3.52. The van der Waals surface area contributed by atoms with E-state index in [1.165, 1.54) is 50.9 Å². The van der Waals surface area contributed by atoms with Crippen LogP contribution < -0.4 is 5.32 Å². The van der Waals surface area contributed by atoms with E-state index in [0.717, 1.165) is 12.5 Å². The van der Waals surface area contributed by atoms with E-state index in [1.54, 1.807) is 0 Å². The lowest BCUT2D eigenvalue weighted by Gasteiger charge is -2.33. The van der Waals surface area contributed by atoms with Crippen LogP contribution in [0.15, 0.2) is 30.3 Å². The number of piperidine rings is 1. The van der Waals surface area contributed by atoms with Gasteiger partial charge in [0.15, 0.2) is 0 Å². The van der Waals surface area contributed by atoms with Gasteiger partial charge in [0.1, 0.15) is 0 Å². The first kappa shape index (κ1) is 15.5. The molecule has 1 heterocycles. The highest BCUT2D eigenvalue weighted by Crippen LogP contribution is 2.22. The van der Waals surface area contributed by atoms with Crippen molar-refractivity contribution >= 4 is 0 Å². The Morgan fingerprint density at radius 3 is 2.80 bits per heavy atom. The normalized spacial score (nSPS) is 20.4. The molecule has 1 atom stereocenters. The molecule has 2 rings (SSSR count). The molecule has 2 heteroatoms. The van der Waals surface area contributed by atoms with Crippen LogP contribution in [-0.2, 0) is 6.54 Å². The molecule has 0 aromatic heterocycles. The quantitative estimate of drug-likeness (QED) is 0.763. The summed E-state index contributed by atoms with van der Waals surface area (Å²) >= 11 is 0. The minimum absolute atomic E-state index is 0.621. The van der Waals surface area contributed by atoms with Gasteiger partial charge >= 0.3 is 0 Å². The molecule has 1 aromatic carbocycles. The molecule has 0 amide bonds. The predicted molar refractivity (Wildman–Crippen MR) is 86.8 cm³/mol. The van der Waals surface area contributed by atoms with E-state index >= 15 is 0 Å². The lowest BCUT2D eigenvalue weighted by Crippen LogP contribution is -2.35. The zero-order valence-electron chi connectivity index (χ0n) is 13.1. The molecule has 1 unspecified atom stereocenters. The van der Waals surface area contributed by atoms with Gasteiger partial charge < -0.3 is 5.32 Å². The Morgan fingerprint density at radius 1 is 1.25 bits per heavy atom. The third-order valence-corrected chi connectivity index (χ3v) is 4.19. The molecule has 112 valence electrons. The van der Waals surface area contributed by atoms with Crippen LogP contribution in [0.4, 0.5) is 0 Å². The molecule has 0 bridgehead atoms. The summed E-state index contributed by atoms with van der Waals surface area (Å²) in [6, 6.07) is 11.5. The molecule has 1 fully saturated rings. The number of hydrogen-bond donors (Lipinski definition) is 1. The van der Waals surface area contributed by atoms with E-state index < -0.39 is 0 Å². The van der Waals surface area contributed by atoms with E-state index in [1.807, 2.05) is 0 Å². The van der Waals surface area contributed by atoms with Crippen LogP contribution in [0.5, 0.6) is 0 Å². The van der Waals surface area contributed by atoms with Crippen molar-refractivity contribution in [1.29, 1.82) is 0 Å². The van der Waals surface area contributed by atoms with E-state index in [-0.39, 0.29) is 0 Å². The zero-order chi connectivity index (χ0) is 14.2. The fourth-order valence-corrected chi connectivity index (χ4v) is 3.15. The van der Waals surface area contributed by atoms with E-state index in [4.69, 9.17) is 0 Å². The summed E-state index contributed by atoms with van der Waals surface area (Å²) in [5.41, 5.74) is 1.45. The molecule has 1 aliphatic heterocycles. The number of rotatable bonds is 7. The Morgan fingerprint density at radius 2 is 2.05 bits per heavy atom.